The minimum Gasteiger partial charge on any atom is -0.463 e. The molecule has 212 valence electrons. The summed E-state index contributed by atoms with van der Waals surface area (Å²) in [5.74, 6) is -0.525. The van der Waals surface area contributed by atoms with Crippen molar-refractivity contribution >= 4 is 69.1 Å². The Balaban J connectivity index is 1.52. The van der Waals surface area contributed by atoms with E-state index in [1.807, 2.05) is 66.9 Å². The summed E-state index contributed by atoms with van der Waals surface area (Å²) in [7, 11) is 0. The topological polar surface area (TPSA) is 65.6 Å². The van der Waals surface area contributed by atoms with Crippen LogP contribution in [0.4, 0.5) is 0 Å². The molecule has 0 saturated heterocycles. The molecular formula is C32H24Cl3N3O3S. The van der Waals surface area contributed by atoms with E-state index in [-0.39, 0.29) is 12.2 Å². The highest BCUT2D eigenvalue weighted by molar-refractivity contribution is 7.07. The van der Waals surface area contributed by atoms with Crippen molar-refractivity contribution in [2.75, 3.05) is 6.61 Å². The average molecular weight is 637 g/mol. The molecule has 5 aromatic rings. The number of fused-ring (bicyclic) bond motifs is 2. The van der Waals surface area contributed by atoms with Gasteiger partial charge >= 0.3 is 5.97 Å². The van der Waals surface area contributed by atoms with E-state index in [2.05, 4.69) is 9.56 Å². The number of hydrogen-bond acceptors (Lipinski definition) is 5. The third-order valence-electron chi connectivity index (χ3n) is 7.16. The molecule has 1 atom stereocenters. The van der Waals surface area contributed by atoms with Gasteiger partial charge in [-0.25, -0.2) is 9.79 Å². The summed E-state index contributed by atoms with van der Waals surface area (Å²) in [5, 5.41) is 2.44. The third kappa shape index (κ3) is 5.11. The lowest BCUT2D eigenvalue weighted by Gasteiger charge is -2.25. The van der Waals surface area contributed by atoms with E-state index < -0.39 is 12.0 Å². The standard InChI is InChI=1S/C32H24Cl3N3O3S/c1-3-41-31(40)28-18(2)36-32-38(29(28)22-9-4-6-10-23(22)33)30(39)27(42-32)15-20-17-37(26-11-7-5-8-21(20)26)16-19-12-13-24(34)25(35)14-19/h4-15,17,29H,3,16H2,1-2H3/b27-15-/t29-/m1/s1. The van der Waals surface area contributed by atoms with Gasteiger partial charge in [0.15, 0.2) is 4.80 Å². The van der Waals surface area contributed by atoms with Gasteiger partial charge in [0, 0.05) is 34.2 Å². The number of para-hydroxylation sites is 1. The number of benzene rings is 3. The predicted octanol–water partition coefficient (Wildman–Crippen LogP) is 6.76. The maximum absolute atomic E-state index is 14.1. The number of rotatable bonds is 6. The van der Waals surface area contributed by atoms with Crippen LogP contribution >= 0.6 is 46.1 Å². The van der Waals surface area contributed by atoms with Gasteiger partial charge in [-0.05, 0) is 55.3 Å². The molecule has 3 aromatic carbocycles. The largest absolute Gasteiger partial charge is 0.463 e. The number of carbonyl (C=O) groups excluding carboxylic acids is 1. The van der Waals surface area contributed by atoms with Crippen molar-refractivity contribution in [3.8, 4) is 0 Å². The van der Waals surface area contributed by atoms with E-state index in [1.54, 1.807) is 30.5 Å². The van der Waals surface area contributed by atoms with Crippen LogP contribution in [0.15, 0.2) is 94.0 Å². The third-order valence-corrected chi connectivity index (χ3v) is 9.23. The maximum atomic E-state index is 14.1. The van der Waals surface area contributed by atoms with Gasteiger partial charge in [0.25, 0.3) is 5.56 Å². The fourth-order valence-electron chi connectivity index (χ4n) is 5.28. The first-order chi connectivity index (χ1) is 20.3. The van der Waals surface area contributed by atoms with Crippen LogP contribution in [-0.2, 0) is 16.1 Å². The normalized spacial score (nSPS) is 15.2. The Kier molecular flexibility index (Phi) is 7.85. The Hall–Kier alpha value is -3.62. The lowest BCUT2D eigenvalue weighted by molar-refractivity contribution is -0.139. The minimum absolute atomic E-state index is 0.196. The lowest BCUT2D eigenvalue weighted by Crippen LogP contribution is -2.40. The first kappa shape index (κ1) is 28.5. The van der Waals surface area contributed by atoms with E-state index in [4.69, 9.17) is 39.5 Å². The number of allylic oxidation sites excluding steroid dienone is 1. The zero-order chi connectivity index (χ0) is 29.5. The fraction of sp³-hybridized carbons (Fsp3) is 0.156. The molecule has 2 aromatic heterocycles. The molecule has 42 heavy (non-hydrogen) atoms. The molecule has 1 aliphatic heterocycles. The molecule has 0 radical (unpaired) electrons. The highest BCUT2D eigenvalue weighted by Crippen LogP contribution is 2.34. The zero-order valence-corrected chi connectivity index (χ0v) is 25.7. The second-order valence-electron chi connectivity index (χ2n) is 9.80. The van der Waals surface area contributed by atoms with E-state index in [1.165, 1.54) is 11.3 Å². The minimum atomic E-state index is -0.771. The van der Waals surface area contributed by atoms with Crippen molar-refractivity contribution < 1.29 is 9.53 Å². The molecule has 1 aliphatic rings. The zero-order valence-electron chi connectivity index (χ0n) is 22.6. The van der Waals surface area contributed by atoms with E-state index in [9.17, 15) is 9.59 Å². The molecule has 3 heterocycles. The van der Waals surface area contributed by atoms with Gasteiger partial charge in [-0.3, -0.25) is 9.36 Å². The second-order valence-corrected chi connectivity index (χ2v) is 12.0. The van der Waals surface area contributed by atoms with Crippen LogP contribution in [-0.4, -0.2) is 21.7 Å². The number of hydrogen-bond donors (Lipinski definition) is 0. The molecule has 0 N–H and O–H groups in total. The van der Waals surface area contributed by atoms with Crippen molar-refractivity contribution in [3.63, 3.8) is 0 Å². The molecular weight excluding hydrogens is 613 g/mol. The molecule has 0 aliphatic carbocycles. The molecule has 10 heteroatoms. The average Bonchev–Trinajstić information content (AvgIpc) is 3.47. The van der Waals surface area contributed by atoms with Crippen molar-refractivity contribution in [3.05, 3.63) is 136 Å². The number of aromatic nitrogens is 2. The summed E-state index contributed by atoms with van der Waals surface area (Å²) >= 11 is 20.3. The highest BCUT2D eigenvalue weighted by Gasteiger charge is 2.34. The summed E-state index contributed by atoms with van der Waals surface area (Å²) in [6.45, 7) is 4.26. The second kappa shape index (κ2) is 11.6. The number of ether oxygens (including phenoxy) is 1. The van der Waals surface area contributed by atoms with Crippen LogP contribution in [0.2, 0.25) is 15.1 Å². The monoisotopic (exact) mass is 635 g/mol. The van der Waals surface area contributed by atoms with Gasteiger partial charge in [0.05, 0.1) is 32.5 Å². The Morgan fingerprint density at radius 2 is 1.79 bits per heavy atom. The molecule has 0 amide bonds. The quantitative estimate of drug-likeness (QED) is 0.194. The van der Waals surface area contributed by atoms with Gasteiger partial charge in [-0.1, -0.05) is 88.6 Å². The molecule has 0 fully saturated rings. The van der Waals surface area contributed by atoms with Crippen LogP contribution in [0.5, 0.6) is 0 Å². The summed E-state index contributed by atoms with van der Waals surface area (Å²) in [4.78, 5) is 32.4. The number of carbonyl (C=O) groups is 1. The molecule has 0 spiro atoms. The van der Waals surface area contributed by atoms with Crippen molar-refractivity contribution in [2.24, 2.45) is 4.99 Å². The van der Waals surface area contributed by atoms with Crippen molar-refractivity contribution in [1.82, 2.24) is 9.13 Å². The van der Waals surface area contributed by atoms with Crippen molar-refractivity contribution in [1.29, 1.82) is 0 Å². The first-order valence-electron chi connectivity index (χ1n) is 13.2. The summed E-state index contributed by atoms with van der Waals surface area (Å²) < 4.78 is 9.53. The van der Waals surface area contributed by atoms with Crippen LogP contribution < -0.4 is 14.9 Å². The first-order valence-corrected chi connectivity index (χ1v) is 15.2. The fourth-order valence-corrected chi connectivity index (χ4v) is 6.88. The summed E-state index contributed by atoms with van der Waals surface area (Å²) in [6.07, 6.45) is 3.90. The van der Waals surface area contributed by atoms with Crippen LogP contribution in [0.25, 0.3) is 17.0 Å². The number of nitrogens with zero attached hydrogens (tertiary/aromatic N) is 3. The Labute approximate surface area is 260 Å². The lowest BCUT2D eigenvalue weighted by atomic mass is 9.96. The van der Waals surface area contributed by atoms with E-state index >= 15 is 0 Å². The Bertz CT molecular complexity index is 2090. The summed E-state index contributed by atoms with van der Waals surface area (Å²) in [5.41, 5.74) is 4.04. The Morgan fingerprint density at radius 3 is 2.55 bits per heavy atom. The number of halogens is 3. The van der Waals surface area contributed by atoms with E-state index in [0.717, 1.165) is 22.0 Å². The van der Waals surface area contributed by atoms with Crippen molar-refractivity contribution in [2.45, 2.75) is 26.4 Å². The SMILES string of the molecule is CCOC(=O)C1=C(C)N=c2s/c(=C\c3cn(Cc4ccc(Cl)c(Cl)c4)c4ccccc34)c(=O)n2[C@@H]1c1ccccc1Cl. The van der Waals surface area contributed by atoms with E-state index in [0.29, 0.717) is 47.8 Å². The van der Waals surface area contributed by atoms with Gasteiger partial charge in [0.1, 0.15) is 6.04 Å². The van der Waals surface area contributed by atoms with Gasteiger partial charge in [0.2, 0.25) is 0 Å². The van der Waals surface area contributed by atoms with Gasteiger partial charge in [-0.15, -0.1) is 0 Å². The maximum Gasteiger partial charge on any atom is 0.338 e. The molecule has 6 rings (SSSR count). The molecule has 0 bridgehead atoms. The number of esters is 1. The molecule has 0 saturated carbocycles. The van der Waals surface area contributed by atoms with Crippen LogP contribution in [0.3, 0.4) is 0 Å². The predicted molar refractivity (Wildman–Crippen MR) is 169 cm³/mol. The molecule has 6 nitrogen and oxygen atoms in total. The van der Waals surface area contributed by atoms with Crippen LogP contribution in [0.1, 0.15) is 36.6 Å². The smallest absolute Gasteiger partial charge is 0.338 e. The Morgan fingerprint density at radius 1 is 1.02 bits per heavy atom. The van der Waals surface area contributed by atoms with Gasteiger partial charge < -0.3 is 9.30 Å². The number of thiazole rings is 1. The highest BCUT2D eigenvalue weighted by atomic mass is 35.5. The van der Waals surface area contributed by atoms with Gasteiger partial charge in [-0.2, -0.15) is 0 Å². The van der Waals surface area contributed by atoms with Crippen LogP contribution in [0, 0.1) is 0 Å². The molecule has 0 unspecified atom stereocenters. The summed E-state index contributed by atoms with van der Waals surface area (Å²) in [6, 6.07) is 20.0.